The van der Waals surface area contributed by atoms with Gasteiger partial charge in [-0.05, 0) is 45.0 Å². The van der Waals surface area contributed by atoms with Gasteiger partial charge in [-0.2, -0.15) is 0 Å². The summed E-state index contributed by atoms with van der Waals surface area (Å²) in [4.78, 5) is 22.9. The number of carbonyl (C=O) groups excluding carboxylic acids is 1. The molecule has 6 nitrogen and oxygen atoms in total. The number of rotatable bonds is 5. The summed E-state index contributed by atoms with van der Waals surface area (Å²) in [6.07, 6.45) is 0.211. The maximum Gasteiger partial charge on any atom is 0.366 e. The Bertz CT molecular complexity index is 518. The van der Waals surface area contributed by atoms with E-state index in [9.17, 15) is 9.59 Å². The molecule has 0 aliphatic carbocycles. The van der Waals surface area contributed by atoms with Gasteiger partial charge in [0.2, 0.25) is 0 Å². The van der Waals surface area contributed by atoms with E-state index in [-0.39, 0.29) is 12.0 Å². The molecule has 0 aliphatic heterocycles. The van der Waals surface area contributed by atoms with Gasteiger partial charge in [-0.1, -0.05) is 6.92 Å². The molecule has 0 aromatic heterocycles. The van der Waals surface area contributed by atoms with Gasteiger partial charge in [0, 0.05) is 6.42 Å². The van der Waals surface area contributed by atoms with Crippen molar-refractivity contribution < 1.29 is 24.2 Å². The van der Waals surface area contributed by atoms with Crippen LogP contribution in [0.15, 0.2) is 24.3 Å². The molecule has 116 valence electrons. The number of carboxylic acid groups (broad SMARTS) is 1. The van der Waals surface area contributed by atoms with E-state index in [1.165, 1.54) is 24.3 Å². The second-order valence-corrected chi connectivity index (χ2v) is 5.68. The normalized spacial score (nSPS) is 14.1. The minimum Gasteiger partial charge on any atom is -0.478 e. The number of ether oxygens (including phenoxy) is 2. The third-order valence-corrected chi connectivity index (χ3v) is 2.67. The standard InChI is InChI=1S/C15H21NO5/c1-5-15(16,13(19)21-14(2,3)4)20-11-8-6-10(7-9-11)12(17)18/h6-9H,5,16H2,1-4H3,(H,17,18). The van der Waals surface area contributed by atoms with Crippen LogP contribution in [0.25, 0.3) is 0 Å². The Morgan fingerprint density at radius 3 is 2.10 bits per heavy atom. The van der Waals surface area contributed by atoms with Gasteiger partial charge in [-0.3, -0.25) is 5.73 Å². The summed E-state index contributed by atoms with van der Waals surface area (Å²) in [5.74, 6) is -1.40. The van der Waals surface area contributed by atoms with E-state index >= 15 is 0 Å². The molecule has 1 atom stereocenters. The third kappa shape index (κ3) is 4.75. The fourth-order valence-corrected chi connectivity index (χ4v) is 1.50. The summed E-state index contributed by atoms with van der Waals surface area (Å²) >= 11 is 0. The number of benzene rings is 1. The second-order valence-electron chi connectivity index (χ2n) is 5.68. The predicted octanol–water partition coefficient (Wildman–Crippen LogP) is 2.17. The number of carboxylic acids is 1. The summed E-state index contributed by atoms with van der Waals surface area (Å²) in [5, 5.41) is 8.83. The van der Waals surface area contributed by atoms with Gasteiger partial charge >= 0.3 is 11.9 Å². The van der Waals surface area contributed by atoms with E-state index < -0.39 is 23.3 Å². The Balaban J connectivity index is 2.89. The van der Waals surface area contributed by atoms with E-state index in [2.05, 4.69) is 0 Å². The number of aromatic carboxylic acids is 1. The fraction of sp³-hybridized carbons (Fsp3) is 0.467. The molecule has 0 radical (unpaired) electrons. The molecule has 1 aromatic rings. The van der Waals surface area contributed by atoms with Gasteiger partial charge in [0.05, 0.1) is 5.56 Å². The lowest BCUT2D eigenvalue weighted by Gasteiger charge is -2.30. The summed E-state index contributed by atoms with van der Waals surface area (Å²) in [6.45, 7) is 6.92. The molecule has 3 N–H and O–H groups in total. The zero-order chi connectivity index (χ0) is 16.3. The summed E-state index contributed by atoms with van der Waals surface area (Å²) in [5.41, 5.74) is 3.80. The van der Waals surface area contributed by atoms with E-state index in [4.69, 9.17) is 20.3 Å². The number of carbonyl (C=O) groups is 2. The number of hydrogen-bond donors (Lipinski definition) is 2. The number of esters is 1. The molecule has 0 spiro atoms. The first kappa shape index (κ1) is 17.0. The minimum atomic E-state index is -1.61. The molecule has 0 aliphatic rings. The van der Waals surface area contributed by atoms with Crippen molar-refractivity contribution in [1.29, 1.82) is 0 Å². The van der Waals surface area contributed by atoms with Gasteiger partial charge in [-0.15, -0.1) is 0 Å². The zero-order valence-corrected chi connectivity index (χ0v) is 12.7. The van der Waals surface area contributed by atoms with Gasteiger partial charge in [0.1, 0.15) is 11.4 Å². The molecular formula is C15H21NO5. The molecule has 1 aromatic carbocycles. The van der Waals surface area contributed by atoms with E-state index in [0.29, 0.717) is 5.75 Å². The van der Waals surface area contributed by atoms with Crippen LogP contribution in [-0.2, 0) is 9.53 Å². The molecule has 1 rings (SSSR count). The molecule has 1 unspecified atom stereocenters. The SMILES string of the molecule is CCC(N)(Oc1ccc(C(=O)O)cc1)C(=O)OC(C)(C)C. The summed E-state index contributed by atoms with van der Waals surface area (Å²) in [7, 11) is 0. The van der Waals surface area contributed by atoms with Crippen LogP contribution in [0, 0.1) is 0 Å². The Morgan fingerprint density at radius 2 is 1.71 bits per heavy atom. The number of hydrogen-bond acceptors (Lipinski definition) is 5. The average molecular weight is 295 g/mol. The quantitative estimate of drug-likeness (QED) is 0.638. The van der Waals surface area contributed by atoms with Gasteiger partial charge < -0.3 is 14.6 Å². The lowest BCUT2D eigenvalue weighted by molar-refractivity contribution is -0.174. The lowest BCUT2D eigenvalue weighted by atomic mass is 10.1. The largest absolute Gasteiger partial charge is 0.478 e. The van der Waals surface area contributed by atoms with Crippen molar-refractivity contribution in [3.63, 3.8) is 0 Å². The van der Waals surface area contributed by atoms with Crippen molar-refractivity contribution in [2.75, 3.05) is 0 Å². The van der Waals surface area contributed by atoms with Crippen LogP contribution in [-0.4, -0.2) is 28.4 Å². The molecule has 0 bridgehead atoms. The fourth-order valence-electron chi connectivity index (χ4n) is 1.50. The molecular weight excluding hydrogens is 274 g/mol. The van der Waals surface area contributed by atoms with Crippen LogP contribution < -0.4 is 10.5 Å². The van der Waals surface area contributed by atoms with Crippen molar-refractivity contribution in [3.8, 4) is 5.75 Å². The smallest absolute Gasteiger partial charge is 0.366 e. The highest BCUT2D eigenvalue weighted by atomic mass is 16.6. The molecule has 0 saturated carbocycles. The highest BCUT2D eigenvalue weighted by molar-refractivity contribution is 5.87. The molecule has 0 fully saturated rings. The van der Waals surface area contributed by atoms with Crippen molar-refractivity contribution >= 4 is 11.9 Å². The maximum atomic E-state index is 12.1. The van der Waals surface area contributed by atoms with Crippen molar-refractivity contribution in [1.82, 2.24) is 0 Å². The third-order valence-electron chi connectivity index (χ3n) is 2.67. The highest BCUT2D eigenvalue weighted by Crippen LogP contribution is 2.22. The first-order valence-electron chi connectivity index (χ1n) is 6.62. The van der Waals surface area contributed by atoms with Crippen molar-refractivity contribution in [3.05, 3.63) is 29.8 Å². The average Bonchev–Trinajstić information content (AvgIpc) is 2.37. The summed E-state index contributed by atoms with van der Waals surface area (Å²) < 4.78 is 10.7. The van der Waals surface area contributed by atoms with Crippen LogP contribution in [0.1, 0.15) is 44.5 Å². The van der Waals surface area contributed by atoms with Crippen LogP contribution in [0.3, 0.4) is 0 Å². The second kappa shape index (κ2) is 6.13. The lowest BCUT2D eigenvalue weighted by Crippen LogP contribution is -2.55. The summed E-state index contributed by atoms with van der Waals surface area (Å²) in [6, 6.07) is 5.65. The van der Waals surface area contributed by atoms with E-state index in [0.717, 1.165) is 0 Å². The predicted molar refractivity (Wildman–Crippen MR) is 77.1 cm³/mol. The molecule has 0 saturated heterocycles. The molecule has 21 heavy (non-hydrogen) atoms. The minimum absolute atomic E-state index is 0.124. The Morgan fingerprint density at radius 1 is 1.19 bits per heavy atom. The van der Waals surface area contributed by atoms with Crippen molar-refractivity contribution in [2.45, 2.75) is 45.4 Å². The molecule has 0 amide bonds. The van der Waals surface area contributed by atoms with Gasteiger partial charge in [-0.25, -0.2) is 9.59 Å². The number of nitrogens with two attached hydrogens (primary N) is 1. The van der Waals surface area contributed by atoms with Gasteiger partial charge in [0.25, 0.3) is 5.72 Å². The first-order valence-corrected chi connectivity index (χ1v) is 6.62. The van der Waals surface area contributed by atoms with Gasteiger partial charge in [0.15, 0.2) is 0 Å². The Labute approximate surface area is 123 Å². The van der Waals surface area contributed by atoms with Crippen LogP contribution in [0.4, 0.5) is 0 Å². The Kier molecular flexibility index (Phi) is 4.96. The van der Waals surface area contributed by atoms with Crippen LogP contribution >= 0.6 is 0 Å². The van der Waals surface area contributed by atoms with E-state index in [1.807, 2.05) is 0 Å². The van der Waals surface area contributed by atoms with Crippen LogP contribution in [0.5, 0.6) is 5.75 Å². The van der Waals surface area contributed by atoms with Crippen LogP contribution in [0.2, 0.25) is 0 Å². The first-order chi connectivity index (χ1) is 9.57. The molecule has 0 heterocycles. The van der Waals surface area contributed by atoms with E-state index in [1.54, 1.807) is 27.7 Å². The maximum absolute atomic E-state index is 12.1. The monoisotopic (exact) mass is 295 g/mol. The highest BCUT2D eigenvalue weighted by Gasteiger charge is 2.38. The zero-order valence-electron chi connectivity index (χ0n) is 12.7. The van der Waals surface area contributed by atoms with Crippen molar-refractivity contribution in [2.24, 2.45) is 5.73 Å². The topological polar surface area (TPSA) is 98.9 Å². The Hall–Kier alpha value is -2.08. The molecule has 6 heteroatoms.